The Morgan fingerprint density at radius 1 is 1.19 bits per heavy atom. The van der Waals surface area contributed by atoms with Crippen LogP contribution < -0.4 is 15.4 Å². The predicted octanol–water partition coefficient (Wildman–Crippen LogP) is 0.825. The van der Waals surface area contributed by atoms with E-state index in [9.17, 15) is 13.2 Å². The molecule has 1 atom stereocenters. The number of nitrogens with one attached hydrogen (secondary N) is 3. The Balaban J connectivity index is 1.93. The molecule has 0 radical (unpaired) electrons. The van der Waals surface area contributed by atoms with Gasteiger partial charge in [0, 0.05) is 31.4 Å². The van der Waals surface area contributed by atoms with Crippen LogP contribution in [0.1, 0.15) is 36.6 Å². The van der Waals surface area contributed by atoms with E-state index in [0.717, 1.165) is 11.1 Å². The lowest BCUT2D eigenvalue weighted by Gasteiger charge is -2.15. The predicted molar refractivity (Wildman–Crippen MR) is 104 cm³/mol. The maximum Gasteiger partial charge on any atom is 0.242 e. The normalized spacial score (nSPS) is 12.9. The highest BCUT2D eigenvalue weighted by atomic mass is 32.2. The first-order valence-electron chi connectivity index (χ1n) is 8.71. The van der Waals surface area contributed by atoms with Crippen LogP contribution >= 0.6 is 0 Å². The van der Waals surface area contributed by atoms with E-state index in [4.69, 9.17) is 0 Å². The number of likely N-dealkylation sites (N-methyl/N-ethyl adjacent to an activating group) is 1. The summed E-state index contributed by atoms with van der Waals surface area (Å²) in [5.41, 5.74) is 2.37. The van der Waals surface area contributed by atoms with Gasteiger partial charge in [-0.3, -0.25) is 9.48 Å². The van der Waals surface area contributed by atoms with Crippen LogP contribution in [0.2, 0.25) is 0 Å². The van der Waals surface area contributed by atoms with Crippen molar-refractivity contribution in [3.63, 3.8) is 0 Å². The summed E-state index contributed by atoms with van der Waals surface area (Å²) in [7, 11) is 0.166. The van der Waals surface area contributed by atoms with Crippen molar-refractivity contribution in [1.82, 2.24) is 25.1 Å². The van der Waals surface area contributed by atoms with Gasteiger partial charge >= 0.3 is 0 Å². The Hall–Kier alpha value is -2.23. The zero-order chi connectivity index (χ0) is 20.0. The second-order valence-electron chi connectivity index (χ2n) is 6.73. The molecule has 2 rings (SSSR count). The van der Waals surface area contributed by atoms with Crippen LogP contribution in [-0.4, -0.2) is 37.2 Å². The van der Waals surface area contributed by atoms with Crippen LogP contribution in [-0.2, 0) is 34.2 Å². The highest BCUT2D eigenvalue weighted by Crippen LogP contribution is 2.12. The van der Waals surface area contributed by atoms with E-state index in [1.54, 1.807) is 57.2 Å². The number of nitrogens with zero attached hydrogens (tertiary/aromatic N) is 2. The molecule has 2 aromatic rings. The summed E-state index contributed by atoms with van der Waals surface area (Å²) in [4.78, 5) is 12.4. The molecule has 0 saturated carbocycles. The van der Waals surface area contributed by atoms with Gasteiger partial charge in [-0.15, -0.1) is 0 Å². The second kappa shape index (κ2) is 9.12. The molecular weight excluding hydrogens is 366 g/mol. The number of amides is 1. The van der Waals surface area contributed by atoms with Crippen molar-refractivity contribution < 1.29 is 13.2 Å². The van der Waals surface area contributed by atoms with Crippen molar-refractivity contribution in [1.29, 1.82) is 0 Å². The average Bonchev–Trinajstić information content (AvgIpc) is 2.99. The third-order valence-electron chi connectivity index (χ3n) is 3.87. The fraction of sp³-hybridized carbons (Fsp3) is 0.444. The minimum atomic E-state index is -3.35. The van der Waals surface area contributed by atoms with Gasteiger partial charge in [0.05, 0.1) is 11.9 Å². The first-order valence-corrected chi connectivity index (χ1v) is 10.4. The number of aryl methyl sites for hydroxylation is 1. The molecule has 1 aromatic heterocycles. The van der Waals surface area contributed by atoms with E-state index in [1.165, 1.54) is 0 Å². The van der Waals surface area contributed by atoms with Crippen LogP contribution in [0.25, 0.3) is 0 Å². The van der Waals surface area contributed by atoms with Gasteiger partial charge in [0.25, 0.3) is 0 Å². The van der Waals surface area contributed by atoms with Crippen molar-refractivity contribution in [2.24, 2.45) is 7.05 Å². The maximum atomic E-state index is 12.4. The Kier molecular flexibility index (Phi) is 7.11. The number of hydrogen-bond acceptors (Lipinski definition) is 5. The van der Waals surface area contributed by atoms with Crippen molar-refractivity contribution in [2.75, 3.05) is 7.05 Å². The third-order valence-corrected chi connectivity index (χ3v) is 5.41. The lowest BCUT2D eigenvalue weighted by atomic mass is 10.1. The second-order valence-corrected chi connectivity index (χ2v) is 8.49. The van der Waals surface area contributed by atoms with Gasteiger partial charge in [0.15, 0.2) is 0 Å². The topological polar surface area (TPSA) is 105 Å². The van der Waals surface area contributed by atoms with Crippen LogP contribution in [0.5, 0.6) is 0 Å². The Morgan fingerprint density at radius 3 is 2.33 bits per heavy atom. The first-order chi connectivity index (χ1) is 12.7. The van der Waals surface area contributed by atoms with Gasteiger partial charge in [-0.25, -0.2) is 13.1 Å². The van der Waals surface area contributed by atoms with Crippen LogP contribution in [0.15, 0.2) is 36.7 Å². The number of benzene rings is 1. The van der Waals surface area contributed by atoms with E-state index in [1.807, 2.05) is 12.1 Å². The van der Waals surface area contributed by atoms with Gasteiger partial charge in [0.1, 0.15) is 6.04 Å². The zero-order valence-electron chi connectivity index (χ0n) is 16.1. The Morgan fingerprint density at radius 2 is 1.81 bits per heavy atom. The fourth-order valence-corrected chi connectivity index (χ4v) is 4.14. The van der Waals surface area contributed by atoms with E-state index in [-0.39, 0.29) is 17.7 Å². The first kappa shape index (κ1) is 21.1. The molecule has 1 amide bonds. The summed E-state index contributed by atoms with van der Waals surface area (Å²) in [6.45, 7) is 3.93. The van der Waals surface area contributed by atoms with Crippen LogP contribution in [0.4, 0.5) is 0 Å². The zero-order valence-corrected chi connectivity index (χ0v) is 16.9. The van der Waals surface area contributed by atoms with Crippen LogP contribution in [0, 0.1) is 0 Å². The van der Waals surface area contributed by atoms with Gasteiger partial charge in [-0.2, -0.15) is 5.10 Å². The van der Waals surface area contributed by atoms with E-state index < -0.39 is 16.1 Å². The quantitative estimate of drug-likeness (QED) is 0.585. The highest BCUT2D eigenvalue weighted by Gasteiger charge is 2.19. The molecule has 0 fully saturated rings. The van der Waals surface area contributed by atoms with E-state index in [2.05, 4.69) is 20.5 Å². The fourth-order valence-electron chi connectivity index (χ4n) is 2.70. The SMILES string of the molecule is CNC(C(=O)NCc1ccc(CS(=O)(=O)NC(C)C)cc1)c1cnn(C)c1. The summed E-state index contributed by atoms with van der Waals surface area (Å²) >= 11 is 0. The molecule has 3 N–H and O–H groups in total. The molecule has 0 aliphatic rings. The molecule has 0 bridgehead atoms. The molecule has 27 heavy (non-hydrogen) atoms. The molecule has 148 valence electrons. The van der Waals surface area contributed by atoms with Crippen molar-refractivity contribution in [3.05, 3.63) is 53.3 Å². The van der Waals surface area contributed by atoms with Gasteiger partial charge in [-0.05, 0) is 32.0 Å². The lowest BCUT2D eigenvalue weighted by Crippen LogP contribution is -2.35. The monoisotopic (exact) mass is 393 g/mol. The molecule has 8 nitrogen and oxygen atoms in total. The molecule has 1 aromatic carbocycles. The van der Waals surface area contributed by atoms with E-state index in [0.29, 0.717) is 12.1 Å². The number of rotatable bonds is 9. The smallest absolute Gasteiger partial charge is 0.242 e. The van der Waals surface area contributed by atoms with Crippen molar-refractivity contribution in [3.8, 4) is 0 Å². The molecule has 0 spiro atoms. The average molecular weight is 394 g/mol. The van der Waals surface area contributed by atoms with Crippen molar-refractivity contribution >= 4 is 15.9 Å². The van der Waals surface area contributed by atoms with Crippen LogP contribution in [0.3, 0.4) is 0 Å². The Labute approximate surface area is 160 Å². The third kappa shape index (κ3) is 6.46. The van der Waals surface area contributed by atoms with Gasteiger partial charge in [0.2, 0.25) is 15.9 Å². The number of carbonyl (C=O) groups is 1. The number of sulfonamides is 1. The summed E-state index contributed by atoms with van der Waals surface area (Å²) in [5.74, 6) is -0.223. The standard InChI is InChI=1S/C18H27N5O3S/c1-13(2)22-27(25,26)12-15-7-5-14(6-8-15)9-20-18(24)17(19-3)16-10-21-23(4)11-16/h5-8,10-11,13,17,19,22H,9,12H2,1-4H3,(H,20,24). The Bertz CT molecular complexity index is 859. The number of aromatic nitrogens is 2. The highest BCUT2D eigenvalue weighted by molar-refractivity contribution is 7.88. The molecular formula is C18H27N5O3S. The minimum absolute atomic E-state index is 0.0688. The largest absolute Gasteiger partial charge is 0.350 e. The van der Waals surface area contributed by atoms with E-state index >= 15 is 0 Å². The van der Waals surface area contributed by atoms with Gasteiger partial charge in [-0.1, -0.05) is 24.3 Å². The maximum absolute atomic E-state index is 12.4. The van der Waals surface area contributed by atoms with Gasteiger partial charge < -0.3 is 10.6 Å². The molecule has 0 aliphatic carbocycles. The summed E-state index contributed by atoms with van der Waals surface area (Å²) in [5, 5.41) is 9.95. The lowest BCUT2D eigenvalue weighted by molar-refractivity contribution is -0.123. The molecule has 0 saturated heterocycles. The van der Waals surface area contributed by atoms with Crippen molar-refractivity contribution in [2.45, 2.75) is 38.2 Å². The summed E-state index contributed by atoms with van der Waals surface area (Å²) in [6, 6.07) is 6.54. The summed E-state index contributed by atoms with van der Waals surface area (Å²) in [6.07, 6.45) is 3.45. The molecule has 0 aliphatic heterocycles. The summed E-state index contributed by atoms with van der Waals surface area (Å²) < 4.78 is 28.2. The molecule has 9 heteroatoms. The molecule has 1 unspecified atom stereocenters. The molecule has 1 heterocycles. The number of carbonyl (C=O) groups excluding carboxylic acids is 1. The minimum Gasteiger partial charge on any atom is -0.350 e. The number of hydrogen-bond donors (Lipinski definition) is 3.